The standard InChI is InChI=1S/C17H17Cl2N3OS/c1-10-8-22-15(11(2)20-17(22)24-10)9-21(3)16(23)7-12-13(18)5-4-6-14(12)19/h4-6,8H,7,9H2,1-3H3. The number of hydrogen-bond donors (Lipinski definition) is 0. The van der Waals surface area contributed by atoms with Gasteiger partial charge in [0.25, 0.3) is 0 Å². The van der Waals surface area contributed by atoms with Crippen molar-refractivity contribution in [1.82, 2.24) is 14.3 Å². The Balaban J connectivity index is 1.80. The summed E-state index contributed by atoms with van der Waals surface area (Å²) < 4.78 is 2.06. The molecule has 24 heavy (non-hydrogen) atoms. The van der Waals surface area contributed by atoms with Gasteiger partial charge in [-0.3, -0.25) is 9.20 Å². The van der Waals surface area contributed by atoms with Crippen molar-refractivity contribution in [2.24, 2.45) is 0 Å². The third kappa shape index (κ3) is 3.29. The second-order valence-electron chi connectivity index (χ2n) is 5.77. The zero-order valence-electron chi connectivity index (χ0n) is 13.6. The van der Waals surface area contributed by atoms with Gasteiger partial charge in [-0.15, -0.1) is 11.3 Å². The molecule has 2 heterocycles. The summed E-state index contributed by atoms with van der Waals surface area (Å²) >= 11 is 14.0. The highest BCUT2D eigenvalue weighted by Gasteiger charge is 2.18. The molecule has 0 saturated heterocycles. The minimum Gasteiger partial charge on any atom is -0.340 e. The summed E-state index contributed by atoms with van der Waals surface area (Å²) in [4.78, 5) is 21.0. The van der Waals surface area contributed by atoms with E-state index >= 15 is 0 Å². The molecule has 3 rings (SSSR count). The van der Waals surface area contributed by atoms with E-state index in [1.807, 2.05) is 13.8 Å². The van der Waals surface area contributed by atoms with Crippen LogP contribution in [0.15, 0.2) is 24.4 Å². The Morgan fingerprint density at radius 1 is 1.29 bits per heavy atom. The molecule has 0 saturated carbocycles. The van der Waals surface area contributed by atoms with E-state index in [0.29, 0.717) is 22.2 Å². The van der Waals surface area contributed by atoms with Crippen LogP contribution in [-0.2, 0) is 17.8 Å². The van der Waals surface area contributed by atoms with Crippen LogP contribution in [0.1, 0.15) is 21.8 Å². The number of imidazole rings is 1. The van der Waals surface area contributed by atoms with Crippen LogP contribution in [0.25, 0.3) is 4.96 Å². The molecule has 0 aliphatic carbocycles. The van der Waals surface area contributed by atoms with E-state index in [9.17, 15) is 4.79 Å². The Kier molecular flexibility index (Phi) is 4.85. The maximum absolute atomic E-state index is 12.6. The highest BCUT2D eigenvalue weighted by atomic mass is 35.5. The van der Waals surface area contributed by atoms with Crippen molar-refractivity contribution < 1.29 is 4.79 Å². The fourth-order valence-corrected chi connectivity index (χ4v) is 4.02. The van der Waals surface area contributed by atoms with Crippen molar-refractivity contribution in [2.45, 2.75) is 26.8 Å². The van der Waals surface area contributed by atoms with Gasteiger partial charge in [0, 0.05) is 28.2 Å². The van der Waals surface area contributed by atoms with E-state index < -0.39 is 0 Å². The molecule has 7 heteroatoms. The van der Waals surface area contributed by atoms with Crippen molar-refractivity contribution in [3.8, 4) is 0 Å². The summed E-state index contributed by atoms with van der Waals surface area (Å²) in [6.07, 6.45) is 2.23. The topological polar surface area (TPSA) is 37.6 Å². The quantitative estimate of drug-likeness (QED) is 0.665. The van der Waals surface area contributed by atoms with E-state index in [1.165, 1.54) is 4.88 Å². The Labute approximate surface area is 154 Å². The first kappa shape index (κ1) is 17.3. The van der Waals surface area contributed by atoms with Gasteiger partial charge in [-0.25, -0.2) is 4.98 Å². The van der Waals surface area contributed by atoms with Gasteiger partial charge in [-0.05, 0) is 31.5 Å². The van der Waals surface area contributed by atoms with Crippen LogP contribution in [0.5, 0.6) is 0 Å². The molecule has 0 aliphatic heterocycles. The maximum Gasteiger partial charge on any atom is 0.227 e. The molecule has 0 radical (unpaired) electrons. The van der Waals surface area contributed by atoms with Gasteiger partial charge in [-0.1, -0.05) is 29.3 Å². The van der Waals surface area contributed by atoms with E-state index in [2.05, 4.69) is 15.6 Å². The minimum absolute atomic E-state index is 0.0358. The lowest BCUT2D eigenvalue weighted by Gasteiger charge is -2.18. The lowest BCUT2D eigenvalue weighted by atomic mass is 10.1. The van der Waals surface area contributed by atoms with Gasteiger partial charge in [0.2, 0.25) is 5.91 Å². The highest BCUT2D eigenvalue weighted by Crippen LogP contribution is 2.26. The third-order valence-electron chi connectivity index (χ3n) is 3.94. The van der Waals surface area contributed by atoms with Crippen molar-refractivity contribution in [2.75, 3.05) is 7.05 Å². The largest absolute Gasteiger partial charge is 0.340 e. The molecular weight excluding hydrogens is 365 g/mol. The molecule has 126 valence electrons. The number of aryl methyl sites for hydroxylation is 2. The fourth-order valence-electron chi connectivity index (χ4n) is 2.60. The molecule has 0 bridgehead atoms. The summed E-state index contributed by atoms with van der Waals surface area (Å²) in [7, 11) is 1.78. The third-order valence-corrected chi connectivity index (χ3v) is 5.55. The summed E-state index contributed by atoms with van der Waals surface area (Å²) in [5.41, 5.74) is 2.63. The number of halogens is 2. The SMILES string of the molecule is Cc1cn2c(CN(C)C(=O)Cc3c(Cl)cccc3Cl)c(C)nc2s1. The minimum atomic E-state index is -0.0358. The normalized spacial score (nSPS) is 11.2. The van der Waals surface area contributed by atoms with Crippen LogP contribution in [0.2, 0.25) is 10.0 Å². The highest BCUT2D eigenvalue weighted by molar-refractivity contribution is 7.17. The number of benzene rings is 1. The lowest BCUT2D eigenvalue weighted by Crippen LogP contribution is -2.28. The van der Waals surface area contributed by atoms with Crippen LogP contribution in [0, 0.1) is 13.8 Å². The smallest absolute Gasteiger partial charge is 0.227 e. The Morgan fingerprint density at radius 3 is 2.62 bits per heavy atom. The van der Waals surface area contributed by atoms with Gasteiger partial charge in [0.05, 0.1) is 24.4 Å². The van der Waals surface area contributed by atoms with E-state index in [0.717, 1.165) is 16.3 Å². The predicted molar refractivity (Wildman–Crippen MR) is 99.2 cm³/mol. The summed E-state index contributed by atoms with van der Waals surface area (Å²) in [5, 5.41) is 1.03. The number of thiazole rings is 1. The molecule has 2 aromatic heterocycles. The van der Waals surface area contributed by atoms with Crippen molar-refractivity contribution in [3.63, 3.8) is 0 Å². The number of hydrogen-bond acceptors (Lipinski definition) is 3. The average Bonchev–Trinajstić information content (AvgIpc) is 3.00. The molecule has 1 aromatic carbocycles. The number of fused-ring (bicyclic) bond motifs is 1. The molecule has 0 N–H and O–H groups in total. The monoisotopic (exact) mass is 381 g/mol. The Hall–Kier alpha value is -1.56. The number of likely N-dealkylation sites (N-methyl/N-ethyl adjacent to an activating group) is 1. The Morgan fingerprint density at radius 2 is 1.96 bits per heavy atom. The first-order valence-electron chi connectivity index (χ1n) is 7.47. The van der Waals surface area contributed by atoms with Crippen LogP contribution >= 0.6 is 34.5 Å². The van der Waals surface area contributed by atoms with Crippen molar-refractivity contribution in [3.05, 3.63) is 56.3 Å². The Bertz CT molecular complexity index is 896. The van der Waals surface area contributed by atoms with Gasteiger partial charge in [-0.2, -0.15) is 0 Å². The zero-order chi connectivity index (χ0) is 17.4. The summed E-state index contributed by atoms with van der Waals surface area (Å²) in [6.45, 7) is 4.50. The van der Waals surface area contributed by atoms with Crippen LogP contribution in [0.3, 0.4) is 0 Å². The molecule has 0 aliphatic rings. The number of aromatic nitrogens is 2. The van der Waals surface area contributed by atoms with E-state index in [1.54, 1.807) is 41.5 Å². The van der Waals surface area contributed by atoms with E-state index in [-0.39, 0.29) is 12.3 Å². The molecule has 0 spiro atoms. The van der Waals surface area contributed by atoms with Crippen molar-refractivity contribution in [1.29, 1.82) is 0 Å². The van der Waals surface area contributed by atoms with E-state index in [4.69, 9.17) is 23.2 Å². The van der Waals surface area contributed by atoms with Gasteiger partial charge < -0.3 is 4.90 Å². The summed E-state index contributed by atoms with van der Waals surface area (Å²) in [5.74, 6) is -0.0358. The number of nitrogens with zero attached hydrogens (tertiary/aromatic N) is 3. The predicted octanol–water partition coefficient (Wildman–Crippen LogP) is 4.52. The molecule has 0 fully saturated rings. The summed E-state index contributed by atoms with van der Waals surface area (Å²) in [6, 6.07) is 5.26. The molecule has 3 aromatic rings. The van der Waals surface area contributed by atoms with Gasteiger partial charge in [0.15, 0.2) is 4.96 Å². The number of rotatable bonds is 4. The number of carbonyl (C=O) groups excluding carboxylic acids is 1. The average molecular weight is 382 g/mol. The maximum atomic E-state index is 12.6. The molecule has 4 nitrogen and oxygen atoms in total. The molecule has 0 unspecified atom stereocenters. The first-order chi connectivity index (χ1) is 11.4. The number of amides is 1. The zero-order valence-corrected chi connectivity index (χ0v) is 16.0. The first-order valence-corrected chi connectivity index (χ1v) is 9.05. The van der Waals surface area contributed by atoms with Crippen LogP contribution in [0.4, 0.5) is 0 Å². The van der Waals surface area contributed by atoms with Gasteiger partial charge in [0.1, 0.15) is 0 Å². The second kappa shape index (κ2) is 6.75. The molecule has 1 amide bonds. The molecular formula is C17H17Cl2N3OS. The lowest BCUT2D eigenvalue weighted by molar-refractivity contribution is -0.129. The fraction of sp³-hybridized carbons (Fsp3) is 0.294. The van der Waals surface area contributed by atoms with Crippen LogP contribution < -0.4 is 0 Å². The number of carbonyl (C=O) groups is 1. The van der Waals surface area contributed by atoms with Crippen LogP contribution in [-0.4, -0.2) is 27.2 Å². The second-order valence-corrected chi connectivity index (χ2v) is 7.79. The van der Waals surface area contributed by atoms with Crippen molar-refractivity contribution >= 4 is 45.4 Å². The molecule has 0 atom stereocenters. The van der Waals surface area contributed by atoms with Gasteiger partial charge >= 0.3 is 0 Å².